The molecule has 2 aromatic rings. The molecule has 1 N–H and O–H groups in total. The second kappa shape index (κ2) is 5.01. The van der Waals surface area contributed by atoms with Gasteiger partial charge >= 0.3 is 5.69 Å². The lowest BCUT2D eigenvalue weighted by atomic mass is 10.3. The Balaban J connectivity index is 2.41. The Morgan fingerprint density at radius 1 is 1.15 bits per heavy atom. The number of carbonyl (C=O) groups excluding carboxylic acids is 1. The first-order chi connectivity index (χ1) is 9.31. The SMILES string of the molecule is Cn1cc(Cl)cc1C(=O)Nc1cn(C)c(=O)n(C)c1=O. The van der Waals surface area contributed by atoms with Gasteiger partial charge in [-0.05, 0) is 6.07 Å². The molecule has 106 valence electrons. The Labute approximate surface area is 119 Å². The highest BCUT2D eigenvalue weighted by Crippen LogP contribution is 2.13. The van der Waals surface area contributed by atoms with E-state index in [0.29, 0.717) is 10.7 Å². The number of anilines is 1. The summed E-state index contributed by atoms with van der Waals surface area (Å²) in [4.78, 5) is 35.5. The average molecular weight is 297 g/mol. The molecule has 0 radical (unpaired) electrons. The van der Waals surface area contributed by atoms with Gasteiger partial charge in [0, 0.05) is 33.5 Å². The molecule has 2 heterocycles. The summed E-state index contributed by atoms with van der Waals surface area (Å²) in [5, 5.41) is 2.90. The first-order valence-corrected chi connectivity index (χ1v) is 6.09. The van der Waals surface area contributed by atoms with Gasteiger partial charge in [-0.15, -0.1) is 0 Å². The Hall–Kier alpha value is -2.28. The molecule has 0 saturated carbocycles. The van der Waals surface area contributed by atoms with E-state index in [1.54, 1.807) is 17.8 Å². The molecule has 0 unspecified atom stereocenters. The zero-order valence-corrected chi connectivity index (χ0v) is 11.9. The second-order valence-corrected chi connectivity index (χ2v) is 4.85. The third kappa shape index (κ3) is 2.39. The molecule has 0 fully saturated rings. The summed E-state index contributed by atoms with van der Waals surface area (Å²) in [6, 6.07) is 1.49. The number of rotatable bonds is 2. The Morgan fingerprint density at radius 2 is 1.80 bits per heavy atom. The maximum atomic E-state index is 12.1. The van der Waals surface area contributed by atoms with Gasteiger partial charge in [-0.3, -0.25) is 14.2 Å². The molecule has 2 aromatic heterocycles. The van der Waals surface area contributed by atoms with Gasteiger partial charge in [0.25, 0.3) is 11.5 Å². The highest BCUT2D eigenvalue weighted by Gasteiger charge is 2.14. The van der Waals surface area contributed by atoms with Crippen LogP contribution in [0.15, 0.2) is 28.0 Å². The van der Waals surface area contributed by atoms with E-state index < -0.39 is 17.2 Å². The first-order valence-electron chi connectivity index (χ1n) is 5.71. The third-order valence-corrected chi connectivity index (χ3v) is 3.11. The summed E-state index contributed by atoms with van der Waals surface area (Å²) < 4.78 is 3.69. The van der Waals surface area contributed by atoms with Crippen molar-refractivity contribution in [1.29, 1.82) is 0 Å². The van der Waals surface area contributed by atoms with E-state index in [1.807, 2.05) is 0 Å². The summed E-state index contributed by atoms with van der Waals surface area (Å²) >= 11 is 5.80. The van der Waals surface area contributed by atoms with Gasteiger partial charge < -0.3 is 14.5 Å². The zero-order valence-electron chi connectivity index (χ0n) is 11.2. The van der Waals surface area contributed by atoms with Gasteiger partial charge in [0.1, 0.15) is 11.4 Å². The molecule has 0 aliphatic heterocycles. The quantitative estimate of drug-likeness (QED) is 0.867. The smallest absolute Gasteiger partial charge is 0.330 e. The highest BCUT2D eigenvalue weighted by molar-refractivity contribution is 6.31. The zero-order chi connectivity index (χ0) is 15.0. The van der Waals surface area contributed by atoms with Crippen molar-refractivity contribution in [3.8, 4) is 0 Å². The summed E-state index contributed by atoms with van der Waals surface area (Å²) in [7, 11) is 4.51. The lowest BCUT2D eigenvalue weighted by Crippen LogP contribution is -2.38. The molecular weight excluding hydrogens is 284 g/mol. The summed E-state index contributed by atoms with van der Waals surface area (Å²) in [6.45, 7) is 0. The average Bonchev–Trinajstić information content (AvgIpc) is 2.72. The minimum atomic E-state index is -0.568. The Morgan fingerprint density at radius 3 is 2.35 bits per heavy atom. The number of hydrogen-bond donors (Lipinski definition) is 1. The van der Waals surface area contributed by atoms with Crippen LogP contribution in [0.5, 0.6) is 0 Å². The molecule has 0 aromatic carbocycles. The number of halogens is 1. The number of nitrogens with zero attached hydrogens (tertiary/aromatic N) is 3. The number of carbonyl (C=O) groups is 1. The molecular formula is C12H13ClN4O3. The lowest BCUT2D eigenvalue weighted by Gasteiger charge is -2.08. The van der Waals surface area contributed by atoms with Crippen LogP contribution in [0.2, 0.25) is 5.02 Å². The van der Waals surface area contributed by atoms with Crippen LogP contribution < -0.4 is 16.6 Å². The van der Waals surface area contributed by atoms with E-state index in [-0.39, 0.29) is 5.69 Å². The van der Waals surface area contributed by atoms with E-state index in [2.05, 4.69) is 5.32 Å². The summed E-state index contributed by atoms with van der Waals surface area (Å²) in [6.07, 6.45) is 2.86. The fourth-order valence-electron chi connectivity index (χ4n) is 1.83. The van der Waals surface area contributed by atoms with E-state index in [0.717, 1.165) is 4.57 Å². The van der Waals surface area contributed by atoms with Crippen molar-refractivity contribution in [3.63, 3.8) is 0 Å². The van der Waals surface area contributed by atoms with Crippen molar-refractivity contribution < 1.29 is 4.79 Å². The molecule has 0 saturated heterocycles. The van der Waals surface area contributed by atoms with Crippen LogP contribution >= 0.6 is 11.6 Å². The maximum absolute atomic E-state index is 12.1. The largest absolute Gasteiger partial charge is 0.345 e. The van der Waals surface area contributed by atoms with E-state index in [9.17, 15) is 14.4 Å². The van der Waals surface area contributed by atoms with Crippen LogP contribution in [0.1, 0.15) is 10.5 Å². The second-order valence-electron chi connectivity index (χ2n) is 4.41. The van der Waals surface area contributed by atoms with Crippen molar-refractivity contribution in [2.75, 3.05) is 5.32 Å². The molecule has 20 heavy (non-hydrogen) atoms. The number of aromatic nitrogens is 3. The normalized spacial score (nSPS) is 10.6. The van der Waals surface area contributed by atoms with Gasteiger partial charge in [-0.25, -0.2) is 4.79 Å². The molecule has 8 heteroatoms. The van der Waals surface area contributed by atoms with E-state index in [1.165, 1.54) is 30.9 Å². The first kappa shape index (κ1) is 14.1. The van der Waals surface area contributed by atoms with Gasteiger partial charge in [0.05, 0.1) is 5.02 Å². The van der Waals surface area contributed by atoms with Crippen LogP contribution in [-0.4, -0.2) is 19.6 Å². The molecule has 0 bridgehead atoms. The van der Waals surface area contributed by atoms with Gasteiger partial charge in [-0.2, -0.15) is 0 Å². The van der Waals surface area contributed by atoms with Crippen LogP contribution in [0, 0.1) is 0 Å². The van der Waals surface area contributed by atoms with E-state index >= 15 is 0 Å². The molecule has 1 amide bonds. The predicted molar refractivity (Wildman–Crippen MR) is 75.3 cm³/mol. The predicted octanol–water partition coefficient (Wildman–Crippen LogP) is 0.328. The topological polar surface area (TPSA) is 78.0 Å². The fourth-order valence-corrected chi connectivity index (χ4v) is 2.08. The van der Waals surface area contributed by atoms with Crippen molar-refractivity contribution >= 4 is 23.2 Å². The lowest BCUT2D eigenvalue weighted by molar-refractivity contribution is 0.101. The monoisotopic (exact) mass is 296 g/mol. The minimum absolute atomic E-state index is 0.0249. The summed E-state index contributed by atoms with van der Waals surface area (Å²) in [5.41, 5.74) is -0.695. The molecule has 0 spiro atoms. The van der Waals surface area contributed by atoms with Crippen LogP contribution in [0.25, 0.3) is 0 Å². The van der Waals surface area contributed by atoms with Gasteiger partial charge in [0.2, 0.25) is 0 Å². The van der Waals surface area contributed by atoms with Crippen LogP contribution in [0.3, 0.4) is 0 Å². The molecule has 0 atom stereocenters. The molecule has 2 rings (SSSR count). The Bertz CT molecular complexity index is 800. The fraction of sp³-hybridized carbons (Fsp3) is 0.250. The molecule has 7 nitrogen and oxygen atoms in total. The summed E-state index contributed by atoms with van der Waals surface area (Å²) in [5.74, 6) is -0.477. The van der Waals surface area contributed by atoms with Crippen LogP contribution in [-0.2, 0) is 21.1 Å². The molecule has 0 aliphatic rings. The highest BCUT2D eigenvalue weighted by atomic mass is 35.5. The Kier molecular flexibility index (Phi) is 3.54. The number of aryl methyl sites for hydroxylation is 2. The van der Waals surface area contributed by atoms with Crippen molar-refractivity contribution in [3.05, 3.63) is 50.0 Å². The van der Waals surface area contributed by atoms with Crippen molar-refractivity contribution in [2.24, 2.45) is 21.1 Å². The number of hydrogen-bond acceptors (Lipinski definition) is 3. The van der Waals surface area contributed by atoms with Gasteiger partial charge in [-0.1, -0.05) is 11.6 Å². The van der Waals surface area contributed by atoms with E-state index in [4.69, 9.17) is 11.6 Å². The van der Waals surface area contributed by atoms with Crippen LogP contribution in [0.4, 0.5) is 5.69 Å². The van der Waals surface area contributed by atoms with Gasteiger partial charge in [0.15, 0.2) is 0 Å². The number of nitrogens with one attached hydrogen (secondary N) is 1. The number of amides is 1. The molecule has 0 aliphatic carbocycles. The van der Waals surface area contributed by atoms with Crippen molar-refractivity contribution in [1.82, 2.24) is 13.7 Å². The van der Waals surface area contributed by atoms with Crippen molar-refractivity contribution in [2.45, 2.75) is 0 Å². The third-order valence-electron chi connectivity index (χ3n) is 2.90. The minimum Gasteiger partial charge on any atom is -0.345 e. The standard InChI is InChI=1S/C12H13ClN4O3/c1-15-5-7(13)4-9(15)10(18)14-8-6-16(2)12(20)17(3)11(8)19/h4-6H,1-3H3,(H,14,18). The maximum Gasteiger partial charge on any atom is 0.330 e.